The Labute approximate surface area is 69.0 Å². The maximum atomic E-state index is 9.42. The summed E-state index contributed by atoms with van der Waals surface area (Å²) in [7, 11) is 0. The molecule has 0 saturated heterocycles. The summed E-state index contributed by atoms with van der Waals surface area (Å²) >= 11 is -12.7. The molecule has 0 atom stereocenters. The van der Waals surface area contributed by atoms with Crippen LogP contribution in [0.4, 0.5) is 0 Å². The van der Waals surface area contributed by atoms with Gasteiger partial charge in [0, 0.05) is 0 Å². The first-order valence-corrected chi connectivity index (χ1v) is 7.89. The zero-order chi connectivity index (χ0) is 7.71. The normalized spacial score (nSPS) is 11.1. The van der Waals surface area contributed by atoms with E-state index in [0.717, 1.165) is 0 Å². The number of hydrogen-bond acceptors (Lipinski definition) is 7. The van der Waals surface area contributed by atoms with Crippen molar-refractivity contribution >= 4 is 0 Å². The third kappa shape index (κ3) is 17.9. The summed E-state index contributed by atoms with van der Waals surface area (Å²) in [5.41, 5.74) is 0. The number of rotatable bonds is 2. The molecular formula is H8Mo2N2O7. The Morgan fingerprint density at radius 2 is 1.00 bits per heavy atom. The van der Waals surface area contributed by atoms with Crippen molar-refractivity contribution in [2.75, 3.05) is 0 Å². The molecule has 0 spiro atoms. The molecule has 0 bridgehead atoms. The van der Waals surface area contributed by atoms with E-state index in [-0.39, 0.29) is 12.3 Å². The van der Waals surface area contributed by atoms with Crippen LogP contribution in [0, 0.1) is 0 Å². The maximum absolute atomic E-state index is 9.42. The van der Waals surface area contributed by atoms with Crippen molar-refractivity contribution in [3.05, 3.63) is 0 Å². The third-order valence-corrected chi connectivity index (χ3v) is 5.83. The van der Waals surface area contributed by atoms with Crippen LogP contribution in [0.2, 0.25) is 0 Å². The molecule has 9 nitrogen and oxygen atoms in total. The standard InChI is InChI=1S/2Mo.2H3N.7O/h;;2*1H3;;;;;;;/q;;;;;;;;;2*-1/p+2. The van der Waals surface area contributed by atoms with Crippen LogP contribution >= 0.6 is 0 Å². The van der Waals surface area contributed by atoms with E-state index >= 15 is 0 Å². The Hall–Kier alpha value is 0.377. The van der Waals surface area contributed by atoms with E-state index in [1.807, 2.05) is 0 Å². The van der Waals surface area contributed by atoms with Gasteiger partial charge < -0.3 is 12.3 Å². The van der Waals surface area contributed by atoms with Gasteiger partial charge in [-0.3, -0.25) is 0 Å². The Morgan fingerprint density at radius 3 is 1.00 bits per heavy atom. The van der Waals surface area contributed by atoms with Crippen LogP contribution in [0.5, 0.6) is 0 Å². The summed E-state index contributed by atoms with van der Waals surface area (Å²) in [5.74, 6) is 0. The molecule has 0 heterocycles. The van der Waals surface area contributed by atoms with Gasteiger partial charge in [-0.05, 0) is 0 Å². The van der Waals surface area contributed by atoms with Crippen molar-refractivity contribution < 1.29 is 56.6 Å². The van der Waals surface area contributed by atoms with Crippen molar-refractivity contribution in [2.45, 2.75) is 0 Å². The van der Waals surface area contributed by atoms with Gasteiger partial charge >= 0.3 is 56.6 Å². The van der Waals surface area contributed by atoms with Gasteiger partial charge in [0.25, 0.3) is 0 Å². The third-order valence-electron chi connectivity index (χ3n) is 0.167. The molecule has 0 unspecified atom stereocenters. The van der Waals surface area contributed by atoms with Gasteiger partial charge in [-0.25, -0.2) is 0 Å². The fraction of sp³-hybridized carbons (Fsp3) is 0. The summed E-state index contributed by atoms with van der Waals surface area (Å²) in [6.07, 6.45) is 0. The zero-order valence-electron chi connectivity index (χ0n) is 5.67. The molecule has 0 radical (unpaired) electrons. The molecule has 72 valence electrons. The minimum absolute atomic E-state index is 0. The van der Waals surface area contributed by atoms with E-state index in [1.165, 1.54) is 0 Å². The van der Waals surface area contributed by atoms with Gasteiger partial charge in [0.2, 0.25) is 0 Å². The predicted molar refractivity (Wildman–Crippen MR) is 15.8 cm³/mol. The average Bonchev–Trinajstić information content (AvgIpc) is 1.14. The van der Waals surface area contributed by atoms with Gasteiger partial charge in [-0.2, -0.15) is 0 Å². The summed E-state index contributed by atoms with van der Waals surface area (Å²) in [6, 6.07) is 0. The van der Waals surface area contributed by atoms with Crippen molar-refractivity contribution in [3.63, 3.8) is 0 Å². The van der Waals surface area contributed by atoms with E-state index < -0.39 is 33.5 Å². The zero-order valence-corrected chi connectivity index (χ0v) is 9.69. The van der Waals surface area contributed by atoms with E-state index in [4.69, 9.17) is 0 Å². The van der Waals surface area contributed by atoms with E-state index in [1.54, 1.807) is 0 Å². The van der Waals surface area contributed by atoms with Crippen LogP contribution < -0.4 is 19.8 Å². The summed E-state index contributed by atoms with van der Waals surface area (Å²) in [6.45, 7) is 0. The van der Waals surface area contributed by atoms with Crippen molar-refractivity contribution in [2.24, 2.45) is 0 Å². The molecular weight excluding hydrogens is 332 g/mol. The van der Waals surface area contributed by atoms with Crippen LogP contribution in [0.1, 0.15) is 0 Å². The molecule has 8 N–H and O–H groups in total. The minimum atomic E-state index is -6.37. The molecule has 0 rings (SSSR count). The number of hydrogen-bond donors (Lipinski definition) is 2. The second-order valence-corrected chi connectivity index (χ2v) is 7.21. The van der Waals surface area contributed by atoms with E-state index in [0.29, 0.717) is 0 Å². The van der Waals surface area contributed by atoms with Crippen LogP contribution in [-0.2, 0) is 49.1 Å². The fourth-order valence-corrected chi connectivity index (χ4v) is 3.57. The molecule has 11 heavy (non-hydrogen) atoms. The molecule has 0 aromatic heterocycles. The Kier molecular flexibility index (Phi) is 8.09. The topological polar surface area (TPSA) is 197 Å². The molecule has 0 aromatic rings. The Bertz CT molecular complexity index is 240. The van der Waals surface area contributed by atoms with E-state index in [2.05, 4.69) is 2.04 Å². The molecule has 11 heteroatoms. The first-order valence-electron chi connectivity index (χ1n) is 1.33. The summed E-state index contributed by atoms with van der Waals surface area (Å²) < 4.78 is 59.2. The molecule has 0 aliphatic rings. The van der Waals surface area contributed by atoms with Gasteiger partial charge in [-0.1, -0.05) is 0 Å². The quantitative estimate of drug-likeness (QED) is 0.533. The first kappa shape index (κ1) is 17.5. The summed E-state index contributed by atoms with van der Waals surface area (Å²) in [5, 5.41) is 0. The van der Waals surface area contributed by atoms with Crippen LogP contribution in [0.15, 0.2) is 0 Å². The molecule has 0 aromatic carbocycles. The van der Waals surface area contributed by atoms with Crippen LogP contribution in [0.3, 0.4) is 0 Å². The molecule has 0 aliphatic heterocycles. The SMILES string of the molecule is [NH4+].[NH4+].[O]=[Mo](=[O])([O-])[O][Mo](=[O])(=[O])[O-]. The van der Waals surface area contributed by atoms with Crippen LogP contribution in [0.25, 0.3) is 0 Å². The predicted octanol–water partition coefficient (Wildman–Crippen LogP) is -2.17. The Balaban J connectivity index is -0.000000320. The average molecular weight is 340 g/mol. The van der Waals surface area contributed by atoms with Gasteiger partial charge in [0.1, 0.15) is 0 Å². The molecule has 0 aliphatic carbocycles. The molecule has 0 saturated carbocycles. The fourth-order valence-electron chi connectivity index (χ4n) is 0.102. The van der Waals surface area contributed by atoms with Gasteiger partial charge in [-0.15, -0.1) is 0 Å². The molecule has 0 fully saturated rings. The molecule has 0 amide bonds. The van der Waals surface area contributed by atoms with Crippen molar-refractivity contribution in [1.29, 1.82) is 0 Å². The van der Waals surface area contributed by atoms with Gasteiger partial charge in [0.05, 0.1) is 0 Å². The summed E-state index contributed by atoms with van der Waals surface area (Å²) in [4.78, 5) is 0. The monoisotopic (exact) mass is 344 g/mol. The van der Waals surface area contributed by atoms with Gasteiger partial charge in [0.15, 0.2) is 0 Å². The van der Waals surface area contributed by atoms with E-state index in [9.17, 15) is 21.1 Å². The van der Waals surface area contributed by atoms with Crippen molar-refractivity contribution in [3.8, 4) is 0 Å². The second-order valence-electron chi connectivity index (χ2n) is 0.885. The Morgan fingerprint density at radius 1 is 0.818 bits per heavy atom. The van der Waals surface area contributed by atoms with Crippen LogP contribution in [-0.4, -0.2) is 0 Å². The first-order chi connectivity index (χ1) is 3.71. The van der Waals surface area contributed by atoms with Crippen molar-refractivity contribution in [1.82, 2.24) is 12.3 Å². The number of quaternary nitrogens is 2. The second kappa shape index (κ2) is 5.10.